The molecular formula is C20H23NO4. The van der Waals surface area contributed by atoms with Gasteiger partial charge >= 0.3 is 0 Å². The minimum absolute atomic E-state index is 0.145. The molecule has 2 atom stereocenters. The molecule has 3 rings (SSSR count). The van der Waals surface area contributed by atoms with E-state index in [0.717, 1.165) is 17.1 Å². The van der Waals surface area contributed by atoms with Gasteiger partial charge in [0.25, 0.3) is 5.91 Å². The molecular weight excluding hydrogens is 318 g/mol. The predicted octanol–water partition coefficient (Wildman–Crippen LogP) is 3.11. The predicted molar refractivity (Wildman–Crippen MR) is 95.2 cm³/mol. The first-order valence-corrected chi connectivity index (χ1v) is 8.56. The largest absolute Gasteiger partial charge is 0.486 e. The molecule has 2 aromatic carbocycles. The first kappa shape index (κ1) is 17.1. The number of para-hydroxylation sites is 3. The van der Waals surface area contributed by atoms with Crippen molar-refractivity contribution in [3.8, 4) is 17.2 Å². The maximum atomic E-state index is 12.4. The maximum Gasteiger partial charge on any atom is 0.261 e. The van der Waals surface area contributed by atoms with Gasteiger partial charge in [0.15, 0.2) is 17.6 Å². The Morgan fingerprint density at radius 1 is 1.20 bits per heavy atom. The molecule has 1 aliphatic rings. The quantitative estimate of drug-likeness (QED) is 0.877. The third-order valence-electron chi connectivity index (χ3n) is 4.10. The van der Waals surface area contributed by atoms with Crippen molar-refractivity contribution in [1.82, 2.24) is 5.32 Å². The Labute approximate surface area is 147 Å². The number of fused-ring (bicyclic) bond motifs is 1. The molecule has 0 bridgehead atoms. The fourth-order valence-corrected chi connectivity index (χ4v) is 2.66. The molecule has 0 aromatic heterocycles. The Kier molecular flexibility index (Phi) is 5.43. The van der Waals surface area contributed by atoms with Crippen molar-refractivity contribution < 1.29 is 19.0 Å². The molecule has 5 nitrogen and oxygen atoms in total. The van der Waals surface area contributed by atoms with Gasteiger partial charge in [-0.25, -0.2) is 0 Å². The lowest BCUT2D eigenvalue weighted by atomic mass is 10.2. The Hall–Kier alpha value is -2.69. The van der Waals surface area contributed by atoms with Gasteiger partial charge < -0.3 is 19.5 Å². The van der Waals surface area contributed by atoms with Crippen LogP contribution in [0.4, 0.5) is 0 Å². The van der Waals surface area contributed by atoms with Crippen molar-refractivity contribution in [3.63, 3.8) is 0 Å². The van der Waals surface area contributed by atoms with Gasteiger partial charge in [-0.2, -0.15) is 0 Å². The summed E-state index contributed by atoms with van der Waals surface area (Å²) in [4.78, 5) is 12.4. The van der Waals surface area contributed by atoms with Crippen molar-refractivity contribution in [2.24, 2.45) is 0 Å². The number of rotatable bonds is 6. The number of ether oxygens (including phenoxy) is 3. The number of hydrogen-bond donors (Lipinski definition) is 1. The van der Waals surface area contributed by atoms with E-state index in [0.29, 0.717) is 25.3 Å². The highest BCUT2D eigenvalue weighted by Crippen LogP contribution is 2.30. The van der Waals surface area contributed by atoms with E-state index in [1.165, 1.54) is 0 Å². The van der Waals surface area contributed by atoms with Crippen LogP contribution in [0.3, 0.4) is 0 Å². The van der Waals surface area contributed by atoms with Crippen molar-refractivity contribution in [3.05, 3.63) is 54.1 Å². The summed E-state index contributed by atoms with van der Waals surface area (Å²) in [6.45, 7) is 4.68. The highest BCUT2D eigenvalue weighted by molar-refractivity contribution is 5.81. The Balaban J connectivity index is 1.54. The molecule has 0 unspecified atom stereocenters. The summed E-state index contributed by atoms with van der Waals surface area (Å²) in [5.41, 5.74) is 1.01. The third-order valence-corrected chi connectivity index (χ3v) is 4.10. The van der Waals surface area contributed by atoms with Crippen LogP contribution >= 0.6 is 0 Å². The summed E-state index contributed by atoms with van der Waals surface area (Å²) in [6, 6.07) is 15.2. The fraction of sp³-hybridized carbons (Fsp3) is 0.350. The lowest BCUT2D eigenvalue weighted by Gasteiger charge is -2.27. The first-order chi connectivity index (χ1) is 12.2. The van der Waals surface area contributed by atoms with Gasteiger partial charge in [-0.15, -0.1) is 0 Å². The zero-order valence-corrected chi connectivity index (χ0v) is 14.5. The second-order valence-electron chi connectivity index (χ2n) is 6.02. The molecule has 1 amide bonds. The summed E-state index contributed by atoms with van der Waals surface area (Å²) in [5.74, 6) is 2.03. The molecule has 0 fully saturated rings. The topological polar surface area (TPSA) is 56.8 Å². The van der Waals surface area contributed by atoms with Crippen LogP contribution < -0.4 is 19.5 Å². The minimum Gasteiger partial charge on any atom is -0.486 e. The van der Waals surface area contributed by atoms with E-state index in [4.69, 9.17) is 14.2 Å². The van der Waals surface area contributed by atoms with Crippen LogP contribution in [-0.4, -0.2) is 31.3 Å². The molecule has 1 N–H and O–H groups in total. The van der Waals surface area contributed by atoms with Crippen LogP contribution in [0.15, 0.2) is 48.5 Å². The van der Waals surface area contributed by atoms with Gasteiger partial charge in [0.1, 0.15) is 18.5 Å². The van der Waals surface area contributed by atoms with Gasteiger partial charge in [0.05, 0.1) is 6.54 Å². The number of hydrogen-bond acceptors (Lipinski definition) is 4. The number of amides is 1. The molecule has 1 aliphatic heterocycles. The van der Waals surface area contributed by atoms with E-state index in [2.05, 4.69) is 5.32 Å². The number of carbonyl (C=O) groups excluding carboxylic acids is 1. The second-order valence-corrected chi connectivity index (χ2v) is 6.02. The highest BCUT2D eigenvalue weighted by Gasteiger charge is 2.24. The second kappa shape index (κ2) is 7.92. The van der Waals surface area contributed by atoms with Gasteiger partial charge in [0.2, 0.25) is 0 Å². The fourth-order valence-electron chi connectivity index (χ4n) is 2.66. The van der Waals surface area contributed by atoms with Gasteiger partial charge in [0, 0.05) is 0 Å². The molecule has 0 aliphatic carbocycles. The number of carbonyl (C=O) groups is 1. The molecule has 132 valence electrons. The molecule has 0 spiro atoms. The van der Waals surface area contributed by atoms with E-state index in [9.17, 15) is 4.79 Å². The SMILES string of the molecule is CC[C@@H](Oc1ccccc1C)C(=O)NC[C@@H]1COc2ccccc2O1. The summed E-state index contributed by atoms with van der Waals surface area (Å²) >= 11 is 0. The van der Waals surface area contributed by atoms with Crippen molar-refractivity contribution >= 4 is 5.91 Å². The normalized spacial score (nSPS) is 16.8. The zero-order chi connectivity index (χ0) is 17.6. The van der Waals surface area contributed by atoms with Crippen molar-refractivity contribution in [2.75, 3.05) is 13.2 Å². The molecule has 5 heteroatoms. The van der Waals surface area contributed by atoms with E-state index < -0.39 is 6.10 Å². The van der Waals surface area contributed by atoms with Crippen molar-refractivity contribution in [2.45, 2.75) is 32.5 Å². The maximum absolute atomic E-state index is 12.4. The van der Waals surface area contributed by atoms with Crippen LogP contribution in [-0.2, 0) is 4.79 Å². The average Bonchev–Trinajstić information content (AvgIpc) is 2.65. The van der Waals surface area contributed by atoms with Crippen LogP contribution in [0.25, 0.3) is 0 Å². The Morgan fingerprint density at radius 3 is 2.68 bits per heavy atom. The zero-order valence-electron chi connectivity index (χ0n) is 14.5. The summed E-state index contributed by atoms with van der Waals surface area (Å²) in [5, 5.41) is 2.90. The smallest absolute Gasteiger partial charge is 0.261 e. The van der Waals surface area contributed by atoms with E-state index in [1.807, 2.05) is 62.4 Å². The van der Waals surface area contributed by atoms with E-state index in [-0.39, 0.29) is 12.0 Å². The van der Waals surface area contributed by atoms with Crippen LogP contribution in [0.2, 0.25) is 0 Å². The number of benzene rings is 2. The lowest BCUT2D eigenvalue weighted by Crippen LogP contribution is -2.45. The van der Waals surface area contributed by atoms with E-state index in [1.54, 1.807) is 0 Å². The minimum atomic E-state index is -0.530. The average molecular weight is 341 g/mol. The Bertz CT molecular complexity index is 731. The highest BCUT2D eigenvalue weighted by atomic mass is 16.6. The molecule has 0 radical (unpaired) electrons. The third kappa shape index (κ3) is 4.24. The van der Waals surface area contributed by atoms with Crippen LogP contribution in [0.1, 0.15) is 18.9 Å². The summed E-state index contributed by atoms with van der Waals surface area (Å²) in [7, 11) is 0. The number of nitrogens with one attached hydrogen (secondary N) is 1. The van der Waals surface area contributed by atoms with Gasteiger partial charge in [-0.3, -0.25) is 4.79 Å². The van der Waals surface area contributed by atoms with Crippen LogP contribution in [0, 0.1) is 6.92 Å². The Morgan fingerprint density at radius 2 is 1.92 bits per heavy atom. The number of aryl methyl sites for hydroxylation is 1. The summed E-state index contributed by atoms with van der Waals surface area (Å²) < 4.78 is 17.4. The summed E-state index contributed by atoms with van der Waals surface area (Å²) in [6.07, 6.45) is -0.155. The van der Waals surface area contributed by atoms with Crippen LogP contribution in [0.5, 0.6) is 17.2 Å². The molecule has 1 heterocycles. The standard InChI is InChI=1S/C20H23NO4/c1-3-16(25-17-9-5-4-8-14(17)2)20(22)21-12-15-13-23-18-10-6-7-11-19(18)24-15/h4-11,15-16H,3,12-13H2,1-2H3,(H,21,22)/t15-,16-/m1/s1. The van der Waals surface area contributed by atoms with E-state index >= 15 is 0 Å². The van der Waals surface area contributed by atoms with Gasteiger partial charge in [-0.05, 0) is 37.1 Å². The first-order valence-electron chi connectivity index (χ1n) is 8.56. The lowest BCUT2D eigenvalue weighted by molar-refractivity contribution is -0.128. The molecule has 25 heavy (non-hydrogen) atoms. The molecule has 0 saturated carbocycles. The molecule has 2 aromatic rings. The van der Waals surface area contributed by atoms with Gasteiger partial charge in [-0.1, -0.05) is 37.3 Å². The van der Waals surface area contributed by atoms with Crippen molar-refractivity contribution in [1.29, 1.82) is 0 Å². The monoisotopic (exact) mass is 341 g/mol. The molecule has 0 saturated heterocycles.